The summed E-state index contributed by atoms with van der Waals surface area (Å²) in [6, 6.07) is 16.4. The molecule has 0 spiro atoms. The third-order valence-electron chi connectivity index (χ3n) is 3.81. The molecule has 0 unspecified atom stereocenters. The fourth-order valence-corrected chi connectivity index (χ4v) is 2.47. The molecule has 2 aromatic carbocycles. The maximum atomic E-state index is 13.2. The van der Waals surface area contributed by atoms with Crippen molar-refractivity contribution in [1.82, 2.24) is 9.88 Å². The zero-order chi connectivity index (χ0) is 18.5. The van der Waals surface area contributed by atoms with Crippen LogP contribution in [0.1, 0.15) is 15.9 Å². The van der Waals surface area contributed by atoms with E-state index >= 15 is 0 Å². The van der Waals surface area contributed by atoms with Crippen molar-refractivity contribution < 1.29 is 13.6 Å². The summed E-state index contributed by atoms with van der Waals surface area (Å²) in [6.45, 7) is 0.495. The van der Waals surface area contributed by atoms with Crippen LogP contribution in [0.2, 0.25) is 0 Å². The van der Waals surface area contributed by atoms with Crippen LogP contribution in [0, 0.1) is 11.6 Å². The zero-order valence-electron chi connectivity index (χ0n) is 14.1. The number of hydrogen-bond acceptors (Lipinski definition) is 3. The first-order valence-corrected chi connectivity index (χ1v) is 8.00. The predicted octanol–water partition coefficient (Wildman–Crippen LogP) is 4.38. The predicted molar refractivity (Wildman–Crippen MR) is 96.1 cm³/mol. The van der Waals surface area contributed by atoms with E-state index in [0.29, 0.717) is 23.6 Å². The Morgan fingerprint density at radius 1 is 1.04 bits per heavy atom. The van der Waals surface area contributed by atoms with Crippen LogP contribution in [0.15, 0.2) is 66.9 Å². The second kappa shape index (κ2) is 7.74. The van der Waals surface area contributed by atoms with Gasteiger partial charge in [0.05, 0.1) is 5.56 Å². The van der Waals surface area contributed by atoms with E-state index in [1.165, 1.54) is 12.3 Å². The lowest BCUT2D eigenvalue weighted by Crippen LogP contribution is -2.26. The molecule has 1 amide bonds. The van der Waals surface area contributed by atoms with Gasteiger partial charge >= 0.3 is 0 Å². The van der Waals surface area contributed by atoms with Gasteiger partial charge in [0.15, 0.2) is 11.6 Å². The molecule has 132 valence electrons. The lowest BCUT2D eigenvalue weighted by atomic mass is 10.2. The van der Waals surface area contributed by atoms with Crippen LogP contribution in [0.3, 0.4) is 0 Å². The number of rotatable bonds is 5. The minimum atomic E-state index is -0.940. The van der Waals surface area contributed by atoms with Gasteiger partial charge in [-0.25, -0.2) is 13.8 Å². The molecule has 3 rings (SSSR count). The molecule has 0 aliphatic carbocycles. The SMILES string of the molecule is CN(Cc1ccccc1)C(=O)c1ccc(Nc2ccc(F)c(F)c2)nc1. The Kier molecular flexibility index (Phi) is 5.22. The summed E-state index contributed by atoms with van der Waals surface area (Å²) in [5, 5.41) is 2.86. The Bertz CT molecular complexity index is 899. The summed E-state index contributed by atoms with van der Waals surface area (Å²) in [5.74, 6) is -1.57. The lowest BCUT2D eigenvalue weighted by Gasteiger charge is -2.17. The first-order valence-electron chi connectivity index (χ1n) is 8.00. The van der Waals surface area contributed by atoms with Gasteiger partial charge in [0.2, 0.25) is 0 Å². The first kappa shape index (κ1) is 17.5. The van der Waals surface area contributed by atoms with Crippen LogP contribution in [0.5, 0.6) is 0 Å². The molecule has 0 aliphatic rings. The molecule has 1 heterocycles. The standard InChI is InChI=1S/C20H17F2N3O/c1-25(13-14-5-3-2-4-6-14)20(26)15-7-10-19(23-12-15)24-16-8-9-17(21)18(22)11-16/h2-12H,13H2,1H3,(H,23,24). The van der Waals surface area contributed by atoms with Crippen LogP contribution in [-0.2, 0) is 6.54 Å². The zero-order valence-corrected chi connectivity index (χ0v) is 14.1. The molecule has 4 nitrogen and oxygen atoms in total. The number of benzene rings is 2. The Morgan fingerprint density at radius 3 is 2.46 bits per heavy atom. The number of amides is 1. The number of pyridine rings is 1. The maximum Gasteiger partial charge on any atom is 0.255 e. The average molecular weight is 353 g/mol. The summed E-state index contributed by atoms with van der Waals surface area (Å²) in [7, 11) is 1.72. The Morgan fingerprint density at radius 2 is 1.81 bits per heavy atom. The van der Waals surface area contributed by atoms with E-state index in [2.05, 4.69) is 10.3 Å². The molecular formula is C20H17F2N3O. The highest BCUT2D eigenvalue weighted by molar-refractivity contribution is 5.93. The Labute approximate surface area is 150 Å². The van der Waals surface area contributed by atoms with Gasteiger partial charge in [-0.3, -0.25) is 4.79 Å². The molecule has 1 aromatic heterocycles. The van der Waals surface area contributed by atoms with Crippen LogP contribution in [-0.4, -0.2) is 22.8 Å². The molecule has 0 aliphatic heterocycles. The Balaban J connectivity index is 1.66. The number of nitrogens with zero attached hydrogens (tertiary/aromatic N) is 2. The molecule has 6 heteroatoms. The maximum absolute atomic E-state index is 13.2. The minimum Gasteiger partial charge on any atom is -0.340 e. The Hall–Kier alpha value is -3.28. The van der Waals surface area contributed by atoms with Crippen molar-refractivity contribution in [3.63, 3.8) is 0 Å². The fourth-order valence-electron chi connectivity index (χ4n) is 2.47. The molecule has 1 N–H and O–H groups in total. The molecule has 0 saturated carbocycles. The second-order valence-electron chi connectivity index (χ2n) is 5.83. The number of aromatic nitrogens is 1. The van der Waals surface area contributed by atoms with Crippen LogP contribution in [0.25, 0.3) is 0 Å². The number of nitrogens with one attached hydrogen (secondary N) is 1. The highest BCUT2D eigenvalue weighted by Gasteiger charge is 2.12. The van der Waals surface area contributed by atoms with Crippen molar-refractivity contribution in [2.24, 2.45) is 0 Å². The topological polar surface area (TPSA) is 45.2 Å². The van der Waals surface area contributed by atoms with Gasteiger partial charge < -0.3 is 10.2 Å². The van der Waals surface area contributed by atoms with Gasteiger partial charge in [-0.2, -0.15) is 0 Å². The molecule has 0 bridgehead atoms. The van der Waals surface area contributed by atoms with Crippen molar-refractivity contribution in [2.45, 2.75) is 6.54 Å². The third-order valence-corrected chi connectivity index (χ3v) is 3.81. The van der Waals surface area contributed by atoms with Gasteiger partial charge in [-0.1, -0.05) is 30.3 Å². The summed E-state index contributed by atoms with van der Waals surface area (Å²) in [5.41, 5.74) is 1.85. The third kappa shape index (κ3) is 4.22. The largest absolute Gasteiger partial charge is 0.340 e. The van der Waals surface area contributed by atoms with E-state index in [1.807, 2.05) is 30.3 Å². The summed E-state index contributed by atoms with van der Waals surface area (Å²) >= 11 is 0. The smallest absolute Gasteiger partial charge is 0.255 e. The number of anilines is 2. The van der Waals surface area contributed by atoms with Crippen molar-refractivity contribution in [3.8, 4) is 0 Å². The van der Waals surface area contributed by atoms with E-state index in [-0.39, 0.29) is 5.91 Å². The van der Waals surface area contributed by atoms with Crippen molar-refractivity contribution in [1.29, 1.82) is 0 Å². The van der Waals surface area contributed by atoms with E-state index in [9.17, 15) is 13.6 Å². The summed E-state index contributed by atoms with van der Waals surface area (Å²) in [4.78, 5) is 18.2. The quantitative estimate of drug-likeness (QED) is 0.741. The monoisotopic (exact) mass is 353 g/mol. The molecule has 0 atom stereocenters. The number of carbonyl (C=O) groups excluding carboxylic acids is 1. The van der Waals surface area contributed by atoms with Crippen molar-refractivity contribution in [3.05, 3.63) is 89.6 Å². The minimum absolute atomic E-state index is 0.152. The van der Waals surface area contributed by atoms with Crippen LogP contribution >= 0.6 is 0 Å². The summed E-state index contributed by atoms with van der Waals surface area (Å²) < 4.78 is 26.2. The van der Waals surface area contributed by atoms with Crippen LogP contribution < -0.4 is 5.32 Å². The molecule has 26 heavy (non-hydrogen) atoms. The lowest BCUT2D eigenvalue weighted by molar-refractivity contribution is 0.0784. The van der Waals surface area contributed by atoms with E-state index in [1.54, 1.807) is 24.1 Å². The first-order chi connectivity index (χ1) is 12.5. The number of hydrogen-bond donors (Lipinski definition) is 1. The fraction of sp³-hybridized carbons (Fsp3) is 0.100. The average Bonchev–Trinajstić information content (AvgIpc) is 2.65. The highest BCUT2D eigenvalue weighted by Crippen LogP contribution is 2.18. The van der Waals surface area contributed by atoms with Gasteiger partial charge in [0.1, 0.15) is 5.82 Å². The molecular weight excluding hydrogens is 336 g/mol. The van der Waals surface area contributed by atoms with E-state index < -0.39 is 11.6 Å². The van der Waals surface area contributed by atoms with Gasteiger partial charge in [0, 0.05) is 31.5 Å². The van der Waals surface area contributed by atoms with Gasteiger partial charge in [0.25, 0.3) is 5.91 Å². The van der Waals surface area contributed by atoms with Crippen molar-refractivity contribution in [2.75, 3.05) is 12.4 Å². The van der Waals surface area contributed by atoms with Gasteiger partial charge in [-0.05, 0) is 29.8 Å². The number of carbonyl (C=O) groups is 1. The molecule has 0 fully saturated rings. The van der Waals surface area contributed by atoms with Gasteiger partial charge in [-0.15, -0.1) is 0 Å². The van der Waals surface area contributed by atoms with Crippen molar-refractivity contribution >= 4 is 17.4 Å². The van der Waals surface area contributed by atoms with E-state index in [0.717, 1.165) is 17.7 Å². The molecule has 0 saturated heterocycles. The molecule has 0 radical (unpaired) electrons. The number of halogens is 2. The highest BCUT2D eigenvalue weighted by atomic mass is 19.2. The van der Waals surface area contributed by atoms with E-state index in [4.69, 9.17) is 0 Å². The second-order valence-corrected chi connectivity index (χ2v) is 5.83. The molecule has 3 aromatic rings. The summed E-state index contributed by atoms with van der Waals surface area (Å²) in [6.07, 6.45) is 1.45. The normalized spacial score (nSPS) is 10.4. The van der Waals surface area contributed by atoms with Crippen LogP contribution in [0.4, 0.5) is 20.3 Å².